The average molecular weight is 306 g/mol. The quantitative estimate of drug-likeness (QED) is 0.895. The van der Waals surface area contributed by atoms with Gasteiger partial charge in [0.25, 0.3) is 0 Å². The fourth-order valence-corrected chi connectivity index (χ4v) is 3.13. The van der Waals surface area contributed by atoms with E-state index in [9.17, 15) is 0 Å². The molecule has 3 rings (SSSR count). The highest BCUT2D eigenvalue weighted by Crippen LogP contribution is 2.29. The monoisotopic (exact) mass is 305 g/mol. The van der Waals surface area contributed by atoms with Crippen LogP contribution in [0.25, 0.3) is 10.8 Å². The Hall–Kier alpha value is -1.13. The second-order valence-corrected chi connectivity index (χ2v) is 5.69. The number of nitrogens with zero attached hydrogens (tertiary/aromatic N) is 1. The van der Waals surface area contributed by atoms with Crippen molar-refractivity contribution in [1.82, 2.24) is 4.98 Å². The molecule has 0 saturated heterocycles. The van der Waals surface area contributed by atoms with Crippen LogP contribution in [-0.2, 0) is 0 Å². The molecule has 3 N–H and O–H groups in total. The molecule has 2 atom stereocenters. The number of nitrogens with two attached hydrogens (primary N) is 1. The van der Waals surface area contributed by atoms with Gasteiger partial charge in [0, 0.05) is 33.5 Å². The largest absolute Gasteiger partial charge is 0.365 e. The number of fused-ring (bicyclic) bond motifs is 1. The maximum atomic E-state index is 6.10. The maximum Gasteiger partial charge on any atom is 0.134 e. The molecule has 1 fully saturated rings. The Bertz CT molecular complexity index is 570. The van der Waals surface area contributed by atoms with E-state index in [0.29, 0.717) is 6.04 Å². The summed E-state index contributed by atoms with van der Waals surface area (Å²) in [6.07, 6.45) is 5.28. The zero-order valence-corrected chi connectivity index (χ0v) is 11.7. The number of rotatable bonds is 2. The van der Waals surface area contributed by atoms with Gasteiger partial charge >= 0.3 is 0 Å². The smallest absolute Gasteiger partial charge is 0.134 e. The Kier molecular flexibility index (Phi) is 3.22. The summed E-state index contributed by atoms with van der Waals surface area (Å²) >= 11 is 3.58. The number of benzene rings is 1. The number of hydrogen-bond donors (Lipinski definition) is 2. The van der Waals surface area contributed by atoms with E-state index in [1.165, 1.54) is 11.8 Å². The first-order valence-electron chi connectivity index (χ1n) is 6.31. The van der Waals surface area contributed by atoms with E-state index in [1.54, 1.807) is 0 Å². The van der Waals surface area contributed by atoms with Crippen LogP contribution < -0.4 is 11.1 Å². The van der Waals surface area contributed by atoms with Gasteiger partial charge in [-0.25, -0.2) is 4.98 Å². The predicted molar refractivity (Wildman–Crippen MR) is 78.7 cm³/mol. The average Bonchev–Trinajstić information content (AvgIpc) is 2.77. The Labute approximate surface area is 115 Å². The number of nitrogens with one attached hydrogen (secondary N) is 1. The van der Waals surface area contributed by atoms with Gasteiger partial charge in [0.15, 0.2) is 0 Å². The molecule has 1 saturated carbocycles. The van der Waals surface area contributed by atoms with E-state index in [0.717, 1.165) is 28.5 Å². The SMILES string of the molecule is NC1CCCC1Nc1nccc2c(Br)cccc12. The Morgan fingerprint density at radius 3 is 2.89 bits per heavy atom. The van der Waals surface area contributed by atoms with Gasteiger partial charge in [-0.3, -0.25) is 0 Å². The molecule has 0 spiro atoms. The zero-order chi connectivity index (χ0) is 12.5. The lowest BCUT2D eigenvalue weighted by atomic mass is 10.1. The van der Waals surface area contributed by atoms with Crippen LogP contribution in [0.1, 0.15) is 19.3 Å². The van der Waals surface area contributed by atoms with Gasteiger partial charge in [-0.15, -0.1) is 0 Å². The molecule has 94 valence electrons. The van der Waals surface area contributed by atoms with Crippen molar-refractivity contribution in [2.75, 3.05) is 5.32 Å². The van der Waals surface area contributed by atoms with Crippen molar-refractivity contribution >= 4 is 32.5 Å². The molecule has 0 bridgehead atoms. The lowest BCUT2D eigenvalue weighted by molar-refractivity contribution is 0.636. The molecule has 3 nitrogen and oxygen atoms in total. The Morgan fingerprint density at radius 1 is 1.22 bits per heavy atom. The van der Waals surface area contributed by atoms with E-state index in [1.807, 2.05) is 24.4 Å². The summed E-state index contributed by atoms with van der Waals surface area (Å²) in [6.45, 7) is 0. The normalized spacial score (nSPS) is 23.4. The summed E-state index contributed by atoms with van der Waals surface area (Å²) in [5.74, 6) is 0.941. The summed E-state index contributed by atoms with van der Waals surface area (Å²) in [6, 6.07) is 8.80. The third-order valence-corrected chi connectivity index (χ3v) is 4.34. The number of halogens is 1. The summed E-state index contributed by atoms with van der Waals surface area (Å²) in [4.78, 5) is 4.46. The molecule has 4 heteroatoms. The van der Waals surface area contributed by atoms with Crippen molar-refractivity contribution in [2.45, 2.75) is 31.3 Å². The third-order valence-electron chi connectivity index (χ3n) is 3.64. The Morgan fingerprint density at radius 2 is 2.11 bits per heavy atom. The fraction of sp³-hybridized carbons (Fsp3) is 0.357. The van der Waals surface area contributed by atoms with Crippen LogP contribution in [0.5, 0.6) is 0 Å². The van der Waals surface area contributed by atoms with Gasteiger partial charge in [-0.2, -0.15) is 0 Å². The van der Waals surface area contributed by atoms with Crippen LogP contribution in [0.15, 0.2) is 34.9 Å². The fourth-order valence-electron chi connectivity index (χ4n) is 2.63. The predicted octanol–water partition coefficient (Wildman–Crippen LogP) is 3.29. The standard InChI is InChI=1S/C14H16BrN3/c15-11-4-1-3-10-9(11)7-8-17-14(10)18-13-6-2-5-12(13)16/h1,3-4,7-8,12-13H,2,5-6,16H2,(H,17,18). The minimum Gasteiger partial charge on any atom is -0.365 e. The molecule has 1 aromatic heterocycles. The lowest BCUT2D eigenvalue weighted by Crippen LogP contribution is -2.35. The van der Waals surface area contributed by atoms with Gasteiger partial charge in [0.1, 0.15) is 5.82 Å². The number of anilines is 1. The van der Waals surface area contributed by atoms with Crippen molar-refractivity contribution in [3.8, 4) is 0 Å². The molecule has 18 heavy (non-hydrogen) atoms. The van der Waals surface area contributed by atoms with Gasteiger partial charge in [0.2, 0.25) is 0 Å². The van der Waals surface area contributed by atoms with E-state index in [-0.39, 0.29) is 6.04 Å². The summed E-state index contributed by atoms with van der Waals surface area (Å²) in [7, 11) is 0. The van der Waals surface area contributed by atoms with E-state index < -0.39 is 0 Å². The molecule has 1 heterocycles. The van der Waals surface area contributed by atoms with Crippen LogP contribution in [0, 0.1) is 0 Å². The van der Waals surface area contributed by atoms with Gasteiger partial charge in [-0.05, 0) is 31.4 Å². The molecular formula is C14H16BrN3. The number of aromatic nitrogens is 1. The van der Waals surface area contributed by atoms with E-state index in [2.05, 4.69) is 32.3 Å². The van der Waals surface area contributed by atoms with Crippen LogP contribution in [0.2, 0.25) is 0 Å². The number of hydrogen-bond acceptors (Lipinski definition) is 3. The topological polar surface area (TPSA) is 50.9 Å². The zero-order valence-electron chi connectivity index (χ0n) is 10.1. The minimum atomic E-state index is 0.245. The lowest BCUT2D eigenvalue weighted by Gasteiger charge is -2.19. The molecule has 1 aliphatic rings. The first-order chi connectivity index (χ1) is 8.75. The van der Waals surface area contributed by atoms with Crippen molar-refractivity contribution in [3.63, 3.8) is 0 Å². The van der Waals surface area contributed by atoms with Crippen molar-refractivity contribution < 1.29 is 0 Å². The van der Waals surface area contributed by atoms with E-state index >= 15 is 0 Å². The molecular weight excluding hydrogens is 290 g/mol. The summed E-state index contributed by atoms with van der Waals surface area (Å²) in [5, 5.41) is 5.83. The van der Waals surface area contributed by atoms with Gasteiger partial charge in [-0.1, -0.05) is 28.1 Å². The molecule has 0 amide bonds. The van der Waals surface area contributed by atoms with Crippen LogP contribution in [0.3, 0.4) is 0 Å². The summed E-state index contributed by atoms with van der Waals surface area (Å²) in [5.41, 5.74) is 6.10. The maximum absolute atomic E-state index is 6.10. The van der Waals surface area contributed by atoms with E-state index in [4.69, 9.17) is 5.73 Å². The second kappa shape index (κ2) is 4.86. The minimum absolute atomic E-state index is 0.245. The van der Waals surface area contributed by atoms with Crippen molar-refractivity contribution in [1.29, 1.82) is 0 Å². The number of pyridine rings is 1. The van der Waals surface area contributed by atoms with Gasteiger partial charge in [0.05, 0.1) is 0 Å². The third kappa shape index (κ3) is 2.10. The second-order valence-electron chi connectivity index (χ2n) is 4.84. The van der Waals surface area contributed by atoms with Crippen LogP contribution in [-0.4, -0.2) is 17.1 Å². The van der Waals surface area contributed by atoms with Crippen LogP contribution >= 0.6 is 15.9 Å². The highest BCUT2D eigenvalue weighted by atomic mass is 79.9. The van der Waals surface area contributed by atoms with Gasteiger partial charge < -0.3 is 11.1 Å². The molecule has 0 aliphatic heterocycles. The highest BCUT2D eigenvalue weighted by Gasteiger charge is 2.24. The molecule has 1 aromatic carbocycles. The Balaban J connectivity index is 1.99. The van der Waals surface area contributed by atoms with Crippen LogP contribution in [0.4, 0.5) is 5.82 Å². The van der Waals surface area contributed by atoms with Crippen molar-refractivity contribution in [3.05, 3.63) is 34.9 Å². The highest BCUT2D eigenvalue weighted by molar-refractivity contribution is 9.10. The first-order valence-corrected chi connectivity index (χ1v) is 7.10. The van der Waals surface area contributed by atoms with Crippen molar-refractivity contribution in [2.24, 2.45) is 5.73 Å². The molecule has 0 radical (unpaired) electrons. The summed E-state index contributed by atoms with van der Waals surface area (Å²) < 4.78 is 1.10. The molecule has 1 aliphatic carbocycles. The first kappa shape index (κ1) is 11.9. The molecule has 2 aromatic rings. The molecule has 2 unspecified atom stereocenters.